The number of rotatable bonds is 8. The minimum atomic E-state index is -0.0894. The van der Waals surface area contributed by atoms with E-state index in [0.717, 1.165) is 24.9 Å². The van der Waals surface area contributed by atoms with E-state index < -0.39 is 0 Å². The molecule has 0 aromatic heterocycles. The van der Waals surface area contributed by atoms with Crippen molar-refractivity contribution in [1.29, 1.82) is 0 Å². The summed E-state index contributed by atoms with van der Waals surface area (Å²) in [6.45, 7) is 2.54. The summed E-state index contributed by atoms with van der Waals surface area (Å²) in [6, 6.07) is 7.31. The van der Waals surface area contributed by atoms with Crippen LogP contribution in [-0.2, 0) is 9.59 Å². The van der Waals surface area contributed by atoms with Gasteiger partial charge in [-0.15, -0.1) is 0 Å². The van der Waals surface area contributed by atoms with Gasteiger partial charge in [0.05, 0.1) is 7.11 Å². The molecule has 0 saturated heterocycles. The lowest BCUT2D eigenvalue weighted by Crippen LogP contribution is -2.34. The number of methoxy groups -OCH3 is 1. The minimum absolute atomic E-state index is 0.0226. The number of hydrogen-bond donors (Lipinski definition) is 1. The van der Waals surface area contributed by atoms with E-state index in [4.69, 9.17) is 4.74 Å². The van der Waals surface area contributed by atoms with Crippen LogP contribution in [0.3, 0.4) is 0 Å². The van der Waals surface area contributed by atoms with Crippen molar-refractivity contribution in [3.63, 3.8) is 0 Å². The van der Waals surface area contributed by atoms with Crippen molar-refractivity contribution in [2.75, 3.05) is 25.1 Å². The molecule has 0 fully saturated rings. The van der Waals surface area contributed by atoms with E-state index in [0.29, 0.717) is 18.8 Å². The van der Waals surface area contributed by atoms with E-state index in [1.165, 1.54) is 25.3 Å². The molecule has 0 aliphatic heterocycles. The zero-order valence-corrected chi connectivity index (χ0v) is 15.2. The average Bonchev–Trinajstić information content (AvgIpc) is 2.62. The summed E-state index contributed by atoms with van der Waals surface area (Å²) in [4.78, 5) is 25.6. The number of hydrogen-bond acceptors (Lipinski definition) is 3. The Balaban J connectivity index is 1.80. The number of carbonyl (C=O) groups is 2. The molecule has 0 atom stereocenters. The van der Waals surface area contributed by atoms with Crippen molar-refractivity contribution in [3.8, 4) is 5.75 Å². The molecule has 2 amide bonds. The highest BCUT2D eigenvalue weighted by Crippen LogP contribution is 2.21. The van der Waals surface area contributed by atoms with E-state index in [2.05, 4.69) is 11.4 Å². The van der Waals surface area contributed by atoms with E-state index in [9.17, 15) is 9.59 Å². The Morgan fingerprint density at radius 2 is 2.12 bits per heavy atom. The Morgan fingerprint density at radius 1 is 1.28 bits per heavy atom. The molecular weight excluding hydrogens is 316 g/mol. The molecule has 1 aromatic carbocycles. The van der Waals surface area contributed by atoms with Crippen LogP contribution in [0.1, 0.15) is 45.4 Å². The van der Waals surface area contributed by atoms with Gasteiger partial charge in [0.25, 0.3) is 0 Å². The number of nitrogens with zero attached hydrogens (tertiary/aromatic N) is 1. The average molecular weight is 344 g/mol. The van der Waals surface area contributed by atoms with E-state index >= 15 is 0 Å². The Hall–Kier alpha value is -2.30. The summed E-state index contributed by atoms with van der Waals surface area (Å²) in [7, 11) is 1.59. The lowest BCUT2D eigenvalue weighted by atomic mass is 9.97. The van der Waals surface area contributed by atoms with Gasteiger partial charge in [-0.3, -0.25) is 9.59 Å². The fourth-order valence-electron chi connectivity index (χ4n) is 3.04. The number of benzene rings is 1. The van der Waals surface area contributed by atoms with Gasteiger partial charge in [-0.2, -0.15) is 0 Å². The minimum Gasteiger partial charge on any atom is -0.497 e. The van der Waals surface area contributed by atoms with Gasteiger partial charge in [0.2, 0.25) is 11.8 Å². The second kappa shape index (κ2) is 9.87. The van der Waals surface area contributed by atoms with Gasteiger partial charge >= 0.3 is 0 Å². The first kappa shape index (κ1) is 19.0. The van der Waals surface area contributed by atoms with Gasteiger partial charge in [-0.1, -0.05) is 17.7 Å². The van der Waals surface area contributed by atoms with Crippen molar-refractivity contribution in [1.82, 2.24) is 5.32 Å². The highest BCUT2D eigenvalue weighted by Gasteiger charge is 2.14. The number of nitrogens with one attached hydrogen (secondary N) is 1. The molecule has 0 radical (unpaired) electrons. The van der Waals surface area contributed by atoms with Crippen molar-refractivity contribution in [3.05, 3.63) is 35.9 Å². The molecule has 5 heteroatoms. The van der Waals surface area contributed by atoms with Crippen LogP contribution in [0.2, 0.25) is 0 Å². The summed E-state index contributed by atoms with van der Waals surface area (Å²) >= 11 is 0. The molecule has 5 nitrogen and oxygen atoms in total. The smallest absolute Gasteiger partial charge is 0.223 e. The first-order chi connectivity index (χ1) is 12.1. The third kappa shape index (κ3) is 6.25. The van der Waals surface area contributed by atoms with E-state index in [-0.39, 0.29) is 18.2 Å². The third-order valence-electron chi connectivity index (χ3n) is 4.46. The molecule has 0 unspecified atom stereocenters. The van der Waals surface area contributed by atoms with Gasteiger partial charge < -0.3 is 15.0 Å². The number of amides is 2. The molecule has 25 heavy (non-hydrogen) atoms. The van der Waals surface area contributed by atoms with Gasteiger partial charge in [-0.25, -0.2) is 0 Å². The topological polar surface area (TPSA) is 58.6 Å². The first-order valence-corrected chi connectivity index (χ1v) is 8.97. The Bertz CT molecular complexity index is 625. The van der Waals surface area contributed by atoms with Crippen molar-refractivity contribution >= 4 is 17.5 Å². The van der Waals surface area contributed by atoms with Crippen LogP contribution in [0.4, 0.5) is 5.69 Å². The van der Waals surface area contributed by atoms with Crippen LogP contribution in [-0.4, -0.2) is 32.0 Å². The summed E-state index contributed by atoms with van der Waals surface area (Å²) < 4.78 is 5.20. The zero-order valence-electron chi connectivity index (χ0n) is 15.2. The summed E-state index contributed by atoms with van der Waals surface area (Å²) in [6.07, 6.45) is 8.37. The molecule has 2 rings (SSSR count). The molecule has 0 spiro atoms. The Labute approximate surface area is 150 Å². The second-order valence-electron chi connectivity index (χ2n) is 6.33. The fourth-order valence-corrected chi connectivity index (χ4v) is 3.04. The zero-order chi connectivity index (χ0) is 18.1. The maximum Gasteiger partial charge on any atom is 0.223 e. The van der Waals surface area contributed by atoms with Gasteiger partial charge in [-0.05, 0) is 44.2 Å². The largest absolute Gasteiger partial charge is 0.497 e. The Morgan fingerprint density at radius 3 is 2.80 bits per heavy atom. The fraction of sp³-hybridized carbons (Fsp3) is 0.500. The van der Waals surface area contributed by atoms with Crippen LogP contribution < -0.4 is 15.0 Å². The number of carbonyl (C=O) groups excluding carboxylic acids is 2. The monoisotopic (exact) mass is 344 g/mol. The molecule has 1 aliphatic carbocycles. The quantitative estimate of drug-likeness (QED) is 0.735. The number of ether oxygens (including phenoxy) is 1. The van der Waals surface area contributed by atoms with Crippen LogP contribution in [0, 0.1) is 0 Å². The molecule has 1 N–H and O–H groups in total. The van der Waals surface area contributed by atoms with Crippen molar-refractivity contribution in [2.45, 2.75) is 45.4 Å². The Kier molecular flexibility index (Phi) is 7.51. The highest BCUT2D eigenvalue weighted by atomic mass is 16.5. The van der Waals surface area contributed by atoms with Gasteiger partial charge in [0.15, 0.2) is 0 Å². The van der Waals surface area contributed by atoms with Crippen LogP contribution in [0.15, 0.2) is 35.9 Å². The van der Waals surface area contributed by atoms with Crippen molar-refractivity contribution in [2.24, 2.45) is 0 Å². The maximum absolute atomic E-state index is 12.1. The van der Waals surface area contributed by atoms with Gasteiger partial charge in [0.1, 0.15) is 5.75 Å². The van der Waals surface area contributed by atoms with Gasteiger partial charge in [0, 0.05) is 38.2 Å². The van der Waals surface area contributed by atoms with Crippen LogP contribution >= 0.6 is 0 Å². The SMILES string of the molecule is COc1cccc(N(CCC(=O)NCCC2=CCCCC2)C(C)=O)c1. The molecule has 0 saturated carbocycles. The predicted molar refractivity (Wildman–Crippen MR) is 99.8 cm³/mol. The van der Waals surface area contributed by atoms with E-state index in [1.54, 1.807) is 18.1 Å². The number of allylic oxidation sites excluding steroid dienone is 1. The molecule has 0 bridgehead atoms. The standard InChI is InChI=1S/C20H28N2O3/c1-16(23)22(18-9-6-10-19(15-18)25-2)14-12-20(24)21-13-11-17-7-4-3-5-8-17/h6-7,9-10,15H,3-5,8,11-14H2,1-2H3,(H,21,24). The van der Waals surface area contributed by atoms with Crippen LogP contribution in [0.25, 0.3) is 0 Å². The lowest BCUT2D eigenvalue weighted by molar-refractivity contribution is -0.121. The third-order valence-corrected chi connectivity index (χ3v) is 4.46. The number of anilines is 1. The first-order valence-electron chi connectivity index (χ1n) is 8.97. The lowest BCUT2D eigenvalue weighted by Gasteiger charge is -2.21. The van der Waals surface area contributed by atoms with Crippen LogP contribution in [0.5, 0.6) is 5.75 Å². The molecular formula is C20H28N2O3. The second-order valence-corrected chi connectivity index (χ2v) is 6.33. The van der Waals surface area contributed by atoms with E-state index in [1.807, 2.05) is 18.2 Å². The van der Waals surface area contributed by atoms with Crippen molar-refractivity contribution < 1.29 is 14.3 Å². The maximum atomic E-state index is 12.1. The molecule has 0 heterocycles. The molecule has 1 aromatic rings. The highest BCUT2D eigenvalue weighted by molar-refractivity contribution is 5.92. The summed E-state index contributed by atoms with van der Waals surface area (Å²) in [5.74, 6) is 0.577. The summed E-state index contributed by atoms with van der Waals surface area (Å²) in [5, 5.41) is 2.96. The normalized spacial score (nSPS) is 13.8. The summed E-state index contributed by atoms with van der Waals surface area (Å²) in [5.41, 5.74) is 2.19. The molecule has 136 valence electrons. The molecule has 1 aliphatic rings. The predicted octanol–water partition coefficient (Wildman–Crippen LogP) is 3.44.